The van der Waals surface area contributed by atoms with E-state index < -0.39 is 0 Å². The lowest BCUT2D eigenvalue weighted by Gasteiger charge is -2.24. The Balaban J connectivity index is 2.70. The molecule has 0 spiro atoms. The van der Waals surface area contributed by atoms with Crippen molar-refractivity contribution in [3.8, 4) is 0 Å². The van der Waals surface area contributed by atoms with Crippen LogP contribution < -0.4 is 0 Å². The van der Waals surface area contributed by atoms with Gasteiger partial charge in [-0.15, -0.1) is 0 Å². The first-order valence-corrected chi connectivity index (χ1v) is 4.23. The summed E-state index contributed by atoms with van der Waals surface area (Å²) in [4.78, 5) is 25.3. The summed E-state index contributed by atoms with van der Waals surface area (Å²) in [6.45, 7) is 0.994. The van der Waals surface area contributed by atoms with Gasteiger partial charge in [0, 0.05) is 38.8 Å². The minimum absolute atomic E-state index is 0.145. The topological polar surface area (TPSA) is 40.6 Å². The predicted molar refractivity (Wildman–Crippen MR) is 49.0 cm³/mol. The van der Waals surface area contributed by atoms with Crippen molar-refractivity contribution in [1.29, 1.82) is 0 Å². The highest BCUT2D eigenvalue weighted by Gasteiger charge is 2.19. The summed E-state index contributed by atoms with van der Waals surface area (Å²) in [5.74, 6) is 0.145. The molecule has 1 aliphatic rings. The summed E-state index contributed by atoms with van der Waals surface area (Å²) < 4.78 is 0. The van der Waals surface area contributed by atoms with Crippen LogP contribution in [0.1, 0.15) is 6.42 Å². The first-order valence-electron chi connectivity index (χ1n) is 4.23. The Morgan fingerprint density at radius 2 is 2.15 bits per heavy atom. The second-order valence-corrected chi connectivity index (χ2v) is 3.37. The van der Waals surface area contributed by atoms with Crippen LogP contribution in [0.2, 0.25) is 0 Å². The second-order valence-electron chi connectivity index (χ2n) is 3.37. The van der Waals surface area contributed by atoms with E-state index in [1.165, 1.54) is 0 Å². The zero-order valence-corrected chi connectivity index (χ0v) is 7.99. The van der Waals surface area contributed by atoms with Crippen molar-refractivity contribution in [2.75, 3.05) is 27.2 Å². The molecule has 0 aromatic heterocycles. The van der Waals surface area contributed by atoms with Gasteiger partial charge in [-0.25, -0.2) is 0 Å². The van der Waals surface area contributed by atoms with Crippen molar-refractivity contribution < 1.29 is 9.59 Å². The van der Waals surface area contributed by atoms with Gasteiger partial charge in [0.05, 0.1) is 6.54 Å². The molecule has 0 N–H and O–H groups in total. The molecular weight excluding hydrogens is 168 g/mol. The summed E-state index contributed by atoms with van der Waals surface area (Å²) in [7, 11) is 3.72. The number of hydrogen-bond donors (Lipinski definition) is 0. The lowest BCUT2D eigenvalue weighted by atomic mass is 10.0. The van der Waals surface area contributed by atoms with E-state index in [-0.39, 0.29) is 5.78 Å². The first kappa shape index (κ1) is 9.77. The quantitative estimate of drug-likeness (QED) is 0.441. The van der Waals surface area contributed by atoms with E-state index in [0.717, 1.165) is 6.41 Å². The molecule has 0 aromatic rings. The van der Waals surface area contributed by atoms with Crippen LogP contribution in [0.3, 0.4) is 0 Å². The van der Waals surface area contributed by atoms with Crippen LogP contribution in [-0.4, -0.2) is 49.2 Å². The van der Waals surface area contributed by atoms with Gasteiger partial charge in [0.2, 0.25) is 6.41 Å². The zero-order valence-electron chi connectivity index (χ0n) is 7.99. The number of carbonyl (C=O) groups is 2. The normalized spacial score (nSPS) is 20.6. The van der Waals surface area contributed by atoms with Gasteiger partial charge < -0.3 is 9.80 Å². The third-order valence-electron chi connectivity index (χ3n) is 1.92. The maximum absolute atomic E-state index is 11.4. The van der Waals surface area contributed by atoms with Gasteiger partial charge in [0.1, 0.15) is 0 Å². The third kappa shape index (κ3) is 2.57. The van der Waals surface area contributed by atoms with E-state index in [9.17, 15) is 9.59 Å². The molecule has 0 radical (unpaired) electrons. The minimum atomic E-state index is 0.145. The molecule has 0 aromatic carbocycles. The third-order valence-corrected chi connectivity index (χ3v) is 1.92. The zero-order chi connectivity index (χ0) is 9.84. The van der Waals surface area contributed by atoms with Crippen molar-refractivity contribution in [2.24, 2.45) is 0 Å². The van der Waals surface area contributed by atoms with Crippen LogP contribution in [0, 0.1) is 0 Å². The van der Waals surface area contributed by atoms with E-state index >= 15 is 0 Å². The fourth-order valence-electron chi connectivity index (χ4n) is 1.31. The highest BCUT2D eigenvalue weighted by Crippen LogP contribution is 2.10. The van der Waals surface area contributed by atoms with Gasteiger partial charge in [-0.1, -0.05) is 0 Å². The second kappa shape index (κ2) is 4.07. The Labute approximate surface area is 77.8 Å². The van der Waals surface area contributed by atoms with Crippen molar-refractivity contribution in [1.82, 2.24) is 9.80 Å². The molecular formula is C9H14N2O2. The molecule has 1 rings (SSSR count). The fraction of sp³-hybridized carbons (Fsp3) is 0.556. The number of carbonyl (C=O) groups excluding carboxylic acids is 2. The van der Waals surface area contributed by atoms with E-state index in [1.54, 1.807) is 11.1 Å². The van der Waals surface area contributed by atoms with Gasteiger partial charge in [-0.3, -0.25) is 9.59 Å². The Morgan fingerprint density at radius 1 is 1.46 bits per heavy atom. The highest BCUT2D eigenvalue weighted by molar-refractivity contribution is 5.97. The lowest BCUT2D eigenvalue weighted by molar-refractivity contribution is -0.122. The van der Waals surface area contributed by atoms with E-state index in [2.05, 4.69) is 0 Å². The molecule has 1 saturated heterocycles. The van der Waals surface area contributed by atoms with Crippen LogP contribution in [0.4, 0.5) is 0 Å². The summed E-state index contributed by atoms with van der Waals surface area (Å²) in [5, 5.41) is 0. The molecule has 1 heterocycles. The van der Waals surface area contributed by atoms with Gasteiger partial charge in [0.25, 0.3) is 0 Å². The van der Waals surface area contributed by atoms with Crippen molar-refractivity contribution in [3.63, 3.8) is 0 Å². The summed E-state index contributed by atoms with van der Waals surface area (Å²) in [5.41, 5.74) is 0.711. The largest absolute Gasteiger partial charge is 0.383 e. The Hall–Kier alpha value is -1.32. The number of Topliss-reactive ketones (excluding diaryl/α,β-unsaturated/α-hetero) is 1. The van der Waals surface area contributed by atoms with Crippen LogP contribution in [0.5, 0.6) is 0 Å². The Morgan fingerprint density at radius 3 is 2.69 bits per heavy atom. The van der Waals surface area contributed by atoms with Crippen LogP contribution in [0.25, 0.3) is 0 Å². The molecule has 4 nitrogen and oxygen atoms in total. The maximum atomic E-state index is 11.4. The molecule has 72 valence electrons. The smallest absolute Gasteiger partial charge is 0.210 e. The molecule has 4 heteroatoms. The number of nitrogens with zero attached hydrogens (tertiary/aromatic N) is 2. The lowest BCUT2D eigenvalue weighted by Crippen LogP contribution is -2.35. The number of piperidine rings is 1. The van der Waals surface area contributed by atoms with E-state index in [0.29, 0.717) is 25.1 Å². The van der Waals surface area contributed by atoms with E-state index in [1.807, 2.05) is 19.0 Å². The molecule has 0 bridgehead atoms. The predicted octanol–water partition coefficient (Wildman–Crippen LogP) is -0.137. The van der Waals surface area contributed by atoms with Crippen molar-refractivity contribution >= 4 is 12.2 Å². The molecule has 1 amide bonds. The average molecular weight is 182 g/mol. The van der Waals surface area contributed by atoms with Gasteiger partial charge >= 0.3 is 0 Å². The average Bonchev–Trinajstić information content (AvgIpc) is 2.08. The Kier molecular flexibility index (Phi) is 3.06. The molecule has 0 aliphatic carbocycles. The molecule has 0 atom stereocenters. The maximum Gasteiger partial charge on any atom is 0.210 e. The number of hydrogen-bond acceptors (Lipinski definition) is 3. The Bertz CT molecular complexity index is 246. The molecule has 1 aliphatic heterocycles. The van der Waals surface area contributed by atoms with Crippen LogP contribution in [0.15, 0.2) is 11.8 Å². The molecule has 0 saturated carbocycles. The fourth-order valence-corrected chi connectivity index (χ4v) is 1.31. The molecule has 0 unspecified atom stereocenters. The molecule has 1 fully saturated rings. The first-order chi connectivity index (χ1) is 6.13. The number of ketones is 1. The van der Waals surface area contributed by atoms with Gasteiger partial charge in [-0.05, 0) is 0 Å². The summed E-state index contributed by atoms with van der Waals surface area (Å²) in [6, 6.07) is 0. The SMILES string of the molecule is CN(C)/C=C1/CN(C=O)CCC1=O. The highest BCUT2D eigenvalue weighted by atomic mass is 16.1. The molecule has 13 heavy (non-hydrogen) atoms. The monoisotopic (exact) mass is 182 g/mol. The van der Waals surface area contributed by atoms with Crippen LogP contribution in [-0.2, 0) is 9.59 Å². The number of likely N-dealkylation sites (tertiary alicyclic amines) is 1. The van der Waals surface area contributed by atoms with Gasteiger partial charge in [0.15, 0.2) is 5.78 Å². The van der Waals surface area contributed by atoms with Crippen LogP contribution >= 0.6 is 0 Å². The summed E-state index contributed by atoms with van der Waals surface area (Å²) >= 11 is 0. The van der Waals surface area contributed by atoms with Crippen molar-refractivity contribution in [3.05, 3.63) is 11.8 Å². The van der Waals surface area contributed by atoms with E-state index in [4.69, 9.17) is 0 Å². The van der Waals surface area contributed by atoms with Gasteiger partial charge in [-0.2, -0.15) is 0 Å². The number of rotatable bonds is 2. The standard InChI is InChI=1S/C9H14N2O2/c1-10(2)5-8-6-11(7-12)4-3-9(8)13/h5,7H,3-4,6H2,1-2H3/b8-5-. The van der Waals surface area contributed by atoms with Crippen molar-refractivity contribution in [2.45, 2.75) is 6.42 Å². The summed E-state index contributed by atoms with van der Waals surface area (Å²) in [6.07, 6.45) is 3.01. The minimum Gasteiger partial charge on any atom is -0.383 e. The number of amides is 1.